The zero-order valence-corrected chi connectivity index (χ0v) is 12.4. The first-order valence-corrected chi connectivity index (χ1v) is 7.09. The maximum atomic E-state index is 12.2. The molecule has 2 aromatic rings. The van der Waals surface area contributed by atoms with Gasteiger partial charge in [0.1, 0.15) is 0 Å². The highest BCUT2D eigenvalue weighted by Crippen LogP contribution is 2.27. The van der Waals surface area contributed by atoms with E-state index in [0.29, 0.717) is 22.0 Å². The van der Waals surface area contributed by atoms with Crippen molar-refractivity contribution in [3.05, 3.63) is 70.0 Å². The number of amides is 1. The number of hydrogen-bond acceptors (Lipinski definition) is 1. The molecule has 0 heterocycles. The molecule has 0 fully saturated rings. The number of carbonyl (C=O) groups is 1. The number of aryl methyl sites for hydroxylation is 1. The van der Waals surface area contributed by atoms with Gasteiger partial charge in [0.25, 0.3) is 5.91 Å². The van der Waals surface area contributed by atoms with Crippen LogP contribution in [0, 0.1) is 6.57 Å². The lowest BCUT2D eigenvalue weighted by Crippen LogP contribution is -2.12. The van der Waals surface area contributed by atoms with Gasteiger partial charge in [0.2, 0.25) is 0 Å². The molecule has 4 heteroatoms. The van der Waals surface area contributed by atoms with Crippen LogP contribution in [0.15, 0.2) is 42.5 Å². The van der Waals surface area contributed by atoms with Crippen LogP contribution in [0.2, 0.25) is 5.02 Å². The topological polar surface area (TPSA) is 33.5 Å². The third kappa shape index (κ3) is 3.84. The molecule has 0 bridgehead atoms. The number of anilines is 1. The molecule has 0 spiro atoms. The molecule has 1 amide bonds. The summed E-state index contributed by atoms with van der Waals surface area (Å²) < 4.78 is 0. The van der Waals surface area contributed by atoms with Crippen molar-refractivity contribution < 1.29 is 4.79 Å². The molecule has 0 saturated carbocycles. The van der Waals surface area contributed by atoms with E-state index in [0.717, 1.165) is 12.8 Å². The Morgan fingerprint density at radius 2 is 1.95 bits per heavy atom. The van der Waals surface area contributed by atoms with Crippen molar-refractivity contribution in [2.75, 3.05) is 5.32 Å². The predicted octanol–water partition coefficient (Wildman–Crippen LogP) is 5.10. The predicted molar refractivity (Wildman–Crippen MR) is 86.1 cm³/mol. The molecule has 1 N–H and O–H groups in total. The van der Waals surface area contributed by atoms with Crippen molar-refractivity contribution in [1.82, 2.24) is 0 Å². The Hall–Kier alpha value is -2.31. The summed E-state index contributed by atoms with van der Waals surface area (Å²) in [6.45, 7) is 9.04. The maximum Gasteiger partial charge on any atom is 0.255 e. The van der Waals surface area contributed by atoms with Gasteiger partial charge in [-0.05, 0) is 36.2 Å². The fraction of sp³-hybridized carbons (Fsp3) is 0.176. The molecule has 0 radical (unpaired) electrons. The molecule has 106 valence electrons. The van der Waals surface area contributed by atoms with Gasteiger partial charge in [0.15, 0.2) is 5.69 Å². The summed E-state index contributed by atoms with van der Waals surface area (Å²) in [5.74, 6) is -0.212. The summed E-state index contributed by atoms with van der Waals surface area (Å²) in [6.07, 6.45) is 2.08. The van der Waals surface area contributed by atoms with Gasteiger partial charge in [-0.25, -0.2) is 4.85 Å². The average Bonchev–Trinajstić information content (AvgIpc) is 2.50. The Balaban J connectivity index is 2.12. The van der Waals surface area contributed by atoms with Crippen LogP contribution >= 0.6 is 11.6 Å². The molecule has 3 nitrogen and oxygen atoms in total. The van der Waals surface area contributed by atoms with E-state index in [-0.39, 0.29) is 5.91 Å². The van der Waals surface area contributed by atoms with Crippen molar-refractivity contribution in [1.29, 1.82) is 0 Å². The highest BCUT2D eigenvalue weighted by Gasteiger charge is 2.09. The third-order valence-corrected chi connectivity index (χ3v) is 3.40. The summed E-state index contributed by atoms with van der Waals surface area (Å²) in [4.78, 5) is 15.4. The van der Waals surface area contributed by atoms with Crippen LogP contribution in [0.4, 0.5) is 11.4 Å². The number of nitrogens with zero attached hydrogens (tertiary/aromatic N) is 1. The minimum atomic E-state index is -0.212. The lowest BCUT2D eigenvalue weighted by Gasteiger charge is -2.08. The molecule has 0 saturated heterocycles. The number of benzene rings is 2. The average molecular weight is 299 g/mol. The summed E-state index contributed by atoms with van der Waals surface area (Å²) in [5, 5.41) is 3.12. The SMILES string of the molecule is [C-]#[N+]c1ccc(NC(=O)c2ccc(CCC)cc2)c(Cl)c1. The van der Waals surface area contributed by atoms with Crippen LogP contribution < -0.4 is 5.32 Å². The van der Waals surface area contributed by atoms with Crippen molar-refractivity contribution >= 4 is 28.9 Å². The summed E-state index contributed by atoms with van der Waals surface area (Å²) in [6, 6.07) is 12.3. The van der Waals surface area contributed by atoms with Crippen LogP contribution in [0.3, 0.4) is 0 Å². The van der Waals surface area contributed by atoms with E-state index in [1.807, 2.05) is 24.3 Å². The molecule has 0 aliphatic carbocycles. The number of nitrogens with one attached hydrogen (secondary N) is 1. The first-order valence-electron chi connectivity index (χ1n) is 6.71. The Morgan fingerprint density at radius 1 is 1.24 bits per heavy atom. The first-order chi connectivity index (χ1) is 10.1. The Bertz CT molecular complexity index is 687. The second kappa shape index (κ2) is 6.92. The fourth-order valence-electron chi connectivity index (χ4n) is 1.98. The Kier molecular flexibility index (Phi) is 4.97. The van der Waals surface area contributed by atoms with Gasteiger partial charge < -0.3 is 5.32 Å². The molecule has 0 aliphatic rings. The number of rotatable bonds is 4. The van der Waals surface area contributed by atoms with Gasteiger partial charge in [0, 0.05) is 5.56 Å². The lowest BCUT2D eigenvalue weighted by molar-refractivity contribution is 0.102. The smallest absolute Gasteiger partial charge is 0.255 e. The van der Waals surface area contributed by atoms with E-state index in [1.165, 1.54) is 11.6 Å². The molecular weight excluding hydrogens is 284 g/mol. The van der Waals surface area contributed by atoms with Crippen LogP contribution in [0.25, 0.3) is 4.85 Å². The zero-order valence-electron chi connectivity index (χ0n) is 11.7. The maximum absolute atomic E-state index is 12.2. The van der Waals surface area contributed by atoms with Gasteiger partial charge in [0.05, 0.1) is 17.3 Å². The highest BCUT2D eigenvalue weighted by molar-refractivity contribution is 6.34. The summed E-state index contributed by atoms with van der Waals surface area (Å²) >= 11 is 6.05. The number of hydrogen-bond donors (Lipinski definition) is 1. The normalized spacial score (nSPS) is 9.95. The second-order valence-corrected chi connectivity index (χ2v) is 5.08. The van der Waals surface area contributed by atoms with Crippen molar-refractivity contribution in [3.63, 3.8) is 0 Å². The molecule has 0 aromatic heterocycles. The molecule has 21 heavy (non-hydrogen) atoms. The van der Waals surface area contributed by atoms with E-state index in [1.54, 1.807) is 12.1 Å². The van der Waals surface area contributed by atoms with Gasteiger partial charge in [-0.15, -0.1) is 0 Å². The van der Waals surface area contributed by atoms with E-state index in [4.69, 9.17) is 18.2 Å². The second-order valence-electron chi connectivity index (χ2n) is 4.68. The van der Waals surface area contributed by atoms with E-state index < -0.39 is 0 Å². The third-order valence-electron chi connectivity index (χ3n) is 3.08. The Morgan fingerprint density at radius 3 is 2.52 bits per heavy atom. The van der Waals surface area contributed by atoms with Gasteiger partial charge >= 0.3 is 0 Å². The van der Waals surface area contributed by atoms with E-state index in [2.05, 4.69) is 17.1 Å². The van der Waals surface area contributed by atoms with Crippen LogP contribution in [-0.4, -0.2) is 5.91 Å². The lowest BCUT2D eigenvalue weighted by atomic mass is 10.1. The van der Waals surface area contributed by atoms with Crippen LogP contribution in [-0.2, 0) is 6.42 Å². The molecule has 2 rings (SSSR count). The largest absolute Gasteiger partial charge is 0.321 e. The number of halogens is 1. The Labute approximate surface area is 129 Å². The summed E-state index contributed by atoms with van der Waals surface area (Å²) in [5.41, 5.74) is 2.75. The van der Waals surface area contributed by atoms with E-state index >= 15 is 0 Å². The highest BCUT2D eigenvalue weighted by atomic mass is 35.5. The van der Waals surface area contributed by atoms with Gasteiger partial charge in [-0.2, -0.15) is 0 Å². The monoisotopic (exact) mass is 298 g/mol. The molecular formula is C17H15ClN2O. The van der Waals surface area contributed by atoms with Gasteiger partial charge in [-0.1, -0.05) is 43.1 Å². The zero-order chi connectivity index (χ0) is 15.2. The van der Waals surface area contributed by atoms with Crippen LogP contribution in [0.1, 0.15) is 29.3 Å². The molecule has 0 atom stereocenters. The van der Waals surface area contributed by atoms with E-state index in [9.17, 15) is 4.79 Å². The minimum Gasteiger partial charge on any atom is -0.321 e. The van der Waals surface area contributed by atoms with Crippen molar-refractivity contribution in [2.45, 2.75) is 19.8 Å². The molecule has 0 aliphatic heterocycles. The van der Waals surface area contributed by atoms with Crippen molar-refractivity contribution in [3.8, 4) is 0 Å². The van der Waals surface area contributed by atoms with Crippen LogP contribution in [0.5, 0.6) is 0 Å². The number of carbonyl (C=O) groups excluding carboxylic acids is 1. The standard InChI is InChI=1S/C17H15ClN2O/c1-3-4-12-5-7-13(8-6-12)17(21)20-16-10-9-14(19-2)11-15(16)18/h5-11H,3-4H2,1H3,(H,20,21). The summed E-state index contributed by atoms with van der Waals surface area (Å²) in [7, 11) is 0. The fourth-order valence-corrected chi connectivity index (χ4v) is 2.20. The molecule has 0 unspecified atom stereocenters. The quantitative estimate of drug-likeness (QED) is 0.783. The van der Waals surface area contributed by atoms with Gasteiger partial charge in [-0.3, -0.25) is 4.79 Å². The van der Waals surface area contributed by atoms with Crippen molar-refractivity contribution in [2.24, 2.45) is 0 Å². The minimum absolute atomic E-state index is 0.212. The first kappa shape index (κ1) is 15.1. The molecule has 2 aromatic carbocycles.